The first-order valence-electron chi connectivity index (χ1n) is 13.5. The number of nitrogens with zero attached hydrogens (tertiary/aromatic N) is 2. The van der Waals surface area contributed by atoms with Crippen LogP contribution >= 0.6 is 0 Å². The standard InChI is InChI=1S/C29H36F3N3O7/c1-7-35(27(2,3)4)11-13-10-16(36)18-14(20(13)29(30,31)32)8-12-9-15-21(34(5)6)23(38)19(26(33)41)25(40)28(15,42)24(39)17(12)22(18)37/h10,12,15,21,36-37,40,42H,7-9,11H2,1-6H3,(H2,33,41)/t12-,15-,21-,28-/m0/s1. The minimum absolute atomic E-state index is 0.162. The van der Waals surface area contributed by atoms with E-state index in [0.717, 1.165) is 6.07 Å². The topological polar surface area (TPSA) is 165 Å². The van der Waals surface area contributed by atoms with Crippen molar-refractivity contribution in [3.63, 3.8) is 0 Å². The number of phenolic OH excluding ortho intramolecular Hbond substituents is 1. The number of rotatable bonds is 5. The number of hydrogen-bond donors (Lipinski definition) is 5. The van der Waals surface area contributed by atoms with Crippen molar-refractivity contribution in [2.75, 3.05) is 20.6 Å². The largest absolute Gasteiger partial charge is 0.508 e. The van der Waals surface area contributed by atoms with Gasteiger partial charge in [-0.1, -0.05) is 6.92 Å². The van der Waals surface area contributed by atoms with E-state index in [2.05, 4.69) is 0 Å². The number of aliphatic hydroxyl groups is 3. The summed E-state index contributed by atoms with van der Waals surface area (Å²) in [5.41, 5.74) is -1.82. The Bertz CT molecular complexity index is 1440. The molecule has 1 saturated carbocycles. The van der Waals surface area contributed by atoms with Crippen molar-refractivity contribution in [3.05, 3.63) is 45.2 Å². The van der Waals surface area contributed by atoms with E-state index in [1.54, 1.807) is 11.8 Å². The fraction of sp³-hybridized carbons (Fsp3) is 0.552. The van der Waals surface area contributed by atoms with E-state index in [1.165, 1.54) is 19.0 Å². The number of alkyl halides is 3. The molecule has 1 aromatic rings. The summed E-state index contributed by atoms with van der Waals surface area (Å²) >= 11 is 0. The first-order valence-corrected chi connectivity index (χ1v) is 13.5. The summed E-state index contributed by atoms with van der Waals surface area (Å²) in [5, 5.41) is 44.8. The summed E-state index contributed by atoms with van der Waals surface area (Å²) in [6.45, 7) is 7.58. The molecule has 6 N–H and O–H groups in total. The van der Waals surface area contributed by atoms with Crippen LogP contribution in [0.4, 0.5) is 13.2 Å². The molecule has 0 unspecified atom stereocenters. The van der Waals surface area contributed by atoms with Gasteiger partial charge in [-0.15, -0.1) is 0 Å². The Labute approximate surface area is 240 Å². The first-order chi connectivity index (χ1) is 19.2. The molecule has 230 valence electrons. The van der Waals surface area contributed by atoms with Crippen LogP contribution in [-0.4, -0.2) is 85.5 Å². The van der Waals surface area contributed by atoms with Gasteiger partial charge in [-0.05, 0) is 77.4 Å². The second-order valence-electron chi connectivity index (χ2n) is 12.4. The molecule has 0 spiro atoms. The molecule has 4 atom stereocenters. The number of ketones is 2. The van der Waals surface area contributed by atoms with Gasteiger partial charge in [0.15, 0.2) is 11.4 Å². The number of carbonyl (C=O) groups is 3. The Kier molecular flexibility index (Phi) is 7.57. The van der Waals surface area contributed by atoms with Crippen LogP contribution < -0.4 is 5.73 Å². The Balaban J connectivity index is 1.99. The van der Waals surface area contributed by atoms with Crippen molar-refractivity contribution in [2.24, 2.45) is 17.6 Å². The number of fused-ring (bicyclic) bond motifs is 3. The number of halogens is 3. The summed E-state index contributed by atoms with van der Waals surface area (Å²) in [5.74, 6) is -9.05. The molecule has 0 heterocycles. The highest BCUT2D eigenvalue weighted by Gasteiger charge is 2.64. The molecule has 0 radical (unpaired) electrons. The number of aromatic hydroxyl groups is 1. The molecule has 3 aliphatic carbocycles. The molecule has 1 aromatic carbocycles. The first kappa shape index (κ1) is 31.5. The van der Waals surface area contributed by atoms with Crippen LogP contribution in [0.3, 0.4) is 0 Å². The Morgan fingerprint density at radius 3 is 2.21 bits per heavy atom. The zero-order valence-electron chi connectivity index (χ0n) is 24.3. The van der Waals surface area contributed by atoms with Crippen molar-refractivity contribution in [1.82, 2.24) is 9.80 Å². The average Bonchev–Trinajstić information content (AvgIpc) is 2.82. The molecule has 0 saturated heterocycles. The highest BCUT2D eigenvalue weighted by atomic mass is 19.4. The van der Waals surface area contributed by atoms with Crippen LogP contribution in [0, 0.1) is 11.8 Å². The molecule has 10 nitrogen and oxygen atoms in total. The molecule has 1 amide bonds. The summed E-state index contributed by atoms with van der Waals surface area (Å²) < 4.78 is 44.2. The number of amides is 1. The lowest BCUT2D eigenvalue weighted by Gasteiger charge is -2.50. The smallest absolute Gasteiger partial charge is 0.417 e. The summed E-state index contributed by atoms with van der Waals surface area (Å²) in [6.07, 6.45) is -5.66. The van der Waals surface area contributed by atoms with Gasteiger partial charge < -0.3 is 26.2 Å². The van der Waals surface area contributed by atoms with Crippen LogP contribution in [0.5, 0.6) is 5.75 Å². The van der Waals surface area contributed by atoms with Gasteiger partial charge in [0, 0.05) is 23.6 Å². The Morgan fingerprint density at radius 1 is 1.14 bits per heavy atom. The number of primary amides is 1. The fourth-order valence-corrected chi connectivity index (χ4v) is 6.89. The van der Waals surface area contributed by atoms with Gasteiger partial charge in [-0.2, -0.15) is 13.2 Å². The molecule has 4 rings (SSSR count). The van der Waals surface area contributed by atoms with Crippen LogP contribution in [0.25, 0.3) is 5.76 Å². The average molecular weight is 596 g/mol. The molecule has 13 heteroatoms. The lowest BCUT2D eigenvalue weighted by molar-refractivity contribution is -0.153. The van der Waals surface area contributed by atoms with E-state index in [1.807, 2.05) is 20.8 Å². The number of carbonyl (C=O) groups excluding carboxylic acids is 3. The lowest BCUT2D eigenvalue weighted by Crippen LogP contribution is -2.65. The highest BCUT2D eigenvalue weighted by Crippen LogP contribution is 2.54. The van der Waals surface area contributed by atoms with Crippen molar-refractivity contribution in [3.8, 4) is 5.75 Å². The van der Waals surface area contributed by atoms with Gasteiger partial charge in [0.2, 0.25) is 5.78 Å². The maximum absolute atomic E-state index is 14.7. The van der Waals surface area contributed by atoms with Crippen LogP contribution in [-0.2, 0) is 33.5 Å². The summed E-state index contributed by atoms with van der Waals surface area (Å²) in [6, 6.07) is -0.420. The lowest BCUT2D eigenvalue weighted by atomic mass is 9.57. The Morgan fingerprint density at radius 2 is 1.74 bits per heavy atom. The van der Waals surface area contributed by atoms with Gasteiger partial charge in [-0.25, -0.2) is 0 Å². The molecule has 1 fully saturated rings. The monoisotopic (exact) mass is 595 g/mol. The second kappa shape index (κ2) is 10.1. The molecule has 0 aromatic heterocycles. The van der Waals surface area contributed by atoms with Gasteiger partial charge in [0.25, 0.3) is 5.91 Å². The van der Waals surface area contributed by atoms with Crippen molar-refractivity contribution in [2.45, 2.75) is 70.4 Å². The van der Waals surface area contributed by atoms with Gasteiger partial charge in [0.1, 0.15) is 22.8 Å². The number of hydrogen-bond acceptors (Lipinski definition) is 9. The quantitative estimate of drug-likeness (QED) is 0.322. The van der Waals surface area contributed by atoms with Crippen LogP contribution in [0.1, 0.15) is 56.4 Å². The number of likely N-dealkylation sites (N-methyl/N-ethyl adjacent to an activating group) is 1. The molecular formula is C29H36F3N3O7. The number of nitrogens with two attached hydrogens (primary N) is 1. The van der Waals surface area contributed by atoms with Crippen LogP contribution in [0.15, 0.2) is 23.0 Å². The van der Waals surface area contributed by atoms with Gasteiger partial charge >= 0.3 is 6.18 Å². The van der Waals surface area contributed by atoms with E-state index in [9.17, 15) is 48.0 Å². The van der Waals surface area contributed by atoms with Crippen molar-refractivity contribution in [1.29, 1.82) is 0 Å². The summed E-state index contributed by atoms with van der Waals surface area (Å²) in [4.78, 5) is 42.3. The van der Waals surface area contributed by atoms with E-state index < -0.39 is 104 Å². The maximum atomic E-state index is 14.7. The highest BCUT2D eigenvalue weighted by molar-refractivity contribution is 6.24. The zero-order chi connectivity index (χ0) is 31.9. The molecular weight excluding hydrogens is 559 g/mol. The van der Waals surface area contributed by atoms with Crippen molar-refractivity contribution >= 4 is 23.2 Å². The maximum Gasteiger partial charge on any atom is 0.417 e. The molecule has 3 aliphatic rings. The van der Waals surface area contributed by atoms with E-state index in [0.29, 0.717) is 6.54 Å². The SMILES string of the molecule is CCN(Cc1cc(O)c2c(c1C(F)(F)F)C[C@H]1C[C@H]3[C@H](N(C)C)C(=O)C(C(N)=O)=C(O)[C@@]3(O)C(=O)C1=C2O)C(C)(C)C. The molecule has 42 heavy (non-hydrogen) atoms. The predicted octanol–water partition coefficient (Wildman–Crippen LogP) is 2.60. The van der Waals surface area contributed by atoms with E-state index >= 15 is 0 Å². The third-order valence-electron chi connectivity index (χ3n) is 8.78. The van der Waals surface area contributed by atoms with Crippen molar-refractivity contribution < 1.29 is 48.0 Å². The number of benzene rings is 1. The van der Waals surface area contributed by atoms with Gasteiger partial charge in [-0.3, -0.25) is 24.2 Å². The number of Topliss-reactive ketones (excluding diaryl/α,β-unsaturated/α-hetero) is 2. The number of aliphatic hydroxyl groups excluding tert-OH is 2. The number of phenols is 1. The summed E-state index contributed by atoms with van der Waals surface area (Å²) in [7, 11) is 2.88. The van der Waals surface area contributed by atoms with E-state index in [4.69, 9.17) is 5.73 Å². The molecule has 0 aliphatic heterocycles. The third-order valence-corrected chi connectivity index (χ3v) is 8.78. The predicted molar refractivity (Wildman–Crippen MR) is 145 cm³/mol. The van der Waals surface area contributed by atoms with E-state index in [-0.39, 0.29) is 18.5 Å². The third kappa shape index (κ3) is 4.58. The minimum Gasteiger partial charge on any atom is -0.508 e. The minimum atomic E-state index is -4.90. The molecule has 0 bridgehead atoms. The fourth-order valence-electron chi connectivity index (χ4n) is 6.89. The van der Waals surface area contributed by atoms with Gasteiger partial charge in [0.05, 0.1) is 17.2 Å². The second-order valence-corrected chi connectivity index (χ2v) is 12.4. The normalized spacial score (nSPS) is 26.5. The van der Waals surface area contributed by atoms with Crippen LogP contribution in [0.2, 0.25) is 0 Å². The Hall–Kier alpha value is -3.42. The zero-order valence-corrected chi connectivity index (χ0v) is 24.3.